The minimum absolute atomic E-state index is 0.139. The lowest BCUT2D eigenvalue weighted by Gasteiger charge is -2.26. The molecule has 6 nitrogen and oxygen atoms in total. The molecule has 3 aromatic rings. The number of hydrogen-bond acceptors (Lipinski definition) is 6. The van der Waals surface area contributed by atoms with E-state index in [1.807, 2.05) is 36.4 Å². The van der Waals surface area contributed by atoms with Gasteiger partial charge in [-0.2, -0.15) is 0 Å². The lowest BCUT2D eigenvalue weighted by Crippen LogP contribution is -2.35. The first-order valence-electron chi connectivity index (χ1n) is 11.0. The van der Waals surface area contributed by atoms with E-state index in [1.54, 1.807) is 0 Å². The predicted molar refractivity (Wildman–Crippen MR) is 125 cm³/mol. The second-order valence-electron chi connectivity index (χ2n) is 8.10. The summed E-state index contributed by atoms with van der Waals surface area (Å²) in [5.41, 5.74) is 3.46. The van der Waals surface area contributed by atoms with Crippen molar-refractivity contribution in [3.8, 4) is 17.6 Å². The van der Waals surface area contributed by atoms with Gasteiger partial charge in [-0.05, 0) is 35.4 Å². The summed E-state index contributed by atoms with van der Waals surface area (Å²) in [4.78, 5) is 14.0. The van der Waals surface area contributed by atoms with Crippen LogP contribution in [0, 0.1) is 11.8 Å². The van der Waals surface area contributed by atoms with Crippen molar-refractivity contribution in [2.45, 2.75) is 18.9 Å². The second-order valence-corrected chi connectivity index (χ2v) is 8.10. The molecule has 170 valence electrons. The summed E-state index contributed by atoms with van der Waals surface area (Å²) in [6, 6.07) is 17.1. The quantitative estimate of drug-likeness (QED) is 0.568. The molecule has 2 N–H and O–H groups in total. The molecule has 1 aliphatic rings. The summed E-state index contributed by atoms with van der Waals surface area (Å²) >= 11 is 0. The maximum absolute atomic E-state index is 11.6. The Morgan fingerprint density at radius 1 is 0.939 bits per heavy atom. The lowest BCUT2D eigenvalue weighted by atomic mass is 9.94. The summed E-state index contributed by atoms with van der Waals surface area (Å²) in [7, 11) is 0. The Morgan fingerprint density at radius 3 is 2.21 bits per heavy atom. The van der Waals surface area contributed by atoms with Crippen LogP contribution in [0.25, 0.3) is 0 Å². The molecule has 0 amide bonds. The zero-order valence-electron chi connectivity index (χ0n) is 18.4. The van der Waals surface area contributed by atoms with Crippen LogP contribution in [0.15, 0.2) is 70.1 Å². The monoisotopic (exact) mass is 445 g/mol. The molecular weight excluding hydrogens is 418 g/mol. The van der Waals surface area contributed by atoms with Gasteiger partial charge in [-0.15, -0.1) is 0 Å². The van der Waals surface area contributed by atoms with Crippen LogP contribution in [0.4, 0.5) is 0 Å². The molecule has 0 bridgehead atoms. The van der Waals surface area contributed by atoms with Gasteiger partial charge in [0.15, 0.2) is 0 Å². The second kappa shape index (κ2) is 11.0. The van der Waals surface area contributed by atoms with Gasteiger partial charge in [-0.25, -0.2) is 0 Å². The third kappa shape index (κ3) is 6.11. The van der Waals surface area contributed by atoms with Gasteiger partial charge in [0.1, 0.15) is 5.76 Å². The molecule has 1 saturated heterocycles. The van der Waals surface area contributed by atoms with Crippen molar-refractivity contribution in [2.24, 2.45) is 0 Å². The molecule has 0 saturated carbocycles. The number of benzene rings is 2. The zero-order chi connectivity index (χ0) is 23.0. The minimum atomic E-state index is -0.493. The number of aliphatic hydroxyl groups excluding tert-OH is 1. The number of aromatic hydroxyl groups is 1. The molecule has 1 unspecified atom stereocenters. The highest BCUT2D eigenvalue weighted by molar-refractivity contribution is 5.44. The smallest absolute Gasteiger partial charge is 0.226 e. The largest absolute Gasteiger partial charge is 0.502 e. The molecule has 1 atom stereocenters. The molecule has 4 rings (SSSR count). The van der Waals surface area contributed by atoms with Crippen LogP contribution < -0.4 is 5.43 Å². The summed E-state index contributed by atoms with van der Waals surface area (Å²) in [6.07, 6.45) is 1.47. The Balaban J connectivity index is 1.39. The van der Waals surface area contributed by atoms with Gasteiger partial charge >= 0.3 is 0 Å². The van der Waals surface area contributed by atoms with Crippen molar-refractivity contribution in [1.29, 1.82) is 0 Å². The zero-order valence-corrected chi connectivity index (χ0v) is 18.4. The standard InChI is InChI=1S/C27H27NO5/c29-19-24(17-26-27(31)25(30)11-14-33-26)23-9-7-21(8-10-23)2-1-20-3-5-22(6-4-20)18-28-12-15-32-16-13-28/h3-11,14,24,29,31H,12-13,15-19H2. The Kier molecular flexibility index (Phi) is 7.59. The van der Waals surface area contributed by atoms with Gasteiger partial charge in [-0.3, -0.25) is 9.69 Å². The molecule has 2 aromatic carbocycles. The molecule has 33 heavy (non-hydrogen) atoms. The Hall–Kier alpha value is -3.37. The van der Waals surface area contributed by atoms with E-state index in [0.29, 0.717) is 0 Å². The van der Waals surface area contributed by atoms with Crippen molar-refractivity contribution < 1.29 is 19.4 Å². The SMILES string of the molecule is O=c1ccoc(CC(CO)c2ccc(C#Cc3ccc(CN4CCOCC4)cc3)cc2)c1O. The van der Waals surface area contributed by atoms with Gasteiger partial charge in [0.25, 0.3) is 0 Å². The fourth-order valence-electron chi connectivity index (χ4n) is 3.80. The molecule has 0 spiro atoms. The molecular formula is C27H27NO5. The first kappa shape index (κ1) is 22.8. The maximum Gasteiger partial charge on any atom is 0.226 e. The highest BCUT2D eigenvalue weighted by atomic mass is 16.5. The minimum Gasteiger partial charge on any atom is -0.502 e. The number of ether oxygens (including phenoxy) is 1. The van der Waals surface area contributed by atoms with E-state index in [0.717, 1.165) is 55.6 Å². The molecule has 1 aliphatic heterocycles. The van der Waals surface area contributed by atoms with Crippen LogP contribution in [-0.4, -0.2) is 48.0 Å². The topological polar surface area (TPSA) is 83.1 Å². The molecule has 0 radical (unpaired) electrons. The summed E-state index contributed by atoms with van der Waals surface area (Å²) < 4.78 is 10.7. The number of morpholine rings is 1. The molecule has 1 fully saturated rings. The Bertz CT molecular complexity index is 1170. The van der Waals surface area contributed by atoms with E-state index in [1.165, 1.54) is 11.8 Å². The number of nitrogens with zero attached hydrogens (tertiary/aromatic N) is 1. The summed E-state index contributed by atoms with van der Waals surface area (Å²) in [6.45, 7) is 4.32. The van der Waals surface area contributed by atoms with Crippen LogP contribution in [0.2, 0.25) is 0 Å². The molecule has 1 aromatic heterocycles. The average molecular weight is 446 g/mol. The van der Waals surface area contributed by atoms with Crippen LogP contribution >= 0.6 is 0 Å². The van der Waals surface area contributed by atoms with Crippen molar-refractivity contribution in [1.82, 2.24) is 4.90 Å². The predicted octanol–water partition coefficient (Wildman–Crippen LogP) is 2.90. The van der Waals surface area contributed by atoms with E-state index in [-0.39, 0.29) is 24.7 Å². The number of rotatable bonds is 6. The highest BCUT2D eigenvalue weighted by Crippen LogP contribution is 2.24. The van der Waals surface area contributed by atoms with E-state index >= 15 is 0 Å². The summed E-state index contributed by atoms with van der Waals surface area (Å²) in [5, 5.41) is 19.7. The van der Waals surface area contributed by atoms with Crippen LogP contribution in [0.3, 0.4) is 0 Å². The average Bonchev–Trinajstić information content (AvgIpc) is 2.86. The fraction of sp³-hybridized carbons (Fsp3) is 0.296. The van der Waals surface area contributed by atoms with Crippen LogP contribution in [0.1, 0.15) is 33.9 Å². The maximum atomic E-state index is 11.6. The lowest BCUT2D eigenvalue weighted by molar-refractivity contribution is 0.0342. The fourth-order valence-corrected chi connectivity index (χ4v) is 3.80. The van der Waals surface area contributed by atoms with Crippen molar-refractivity contribution in [3.05, 3.63) is 99.1 Å². The molecule has 6 heteroatoms. The number of hydrogen-bond donors (Lipinski definition) is 2. The summed E-state index contributed by atoms with van der Waals surface area (Å²) in [5.74, 6) is 5.82. The van der Waals surface area contributed by atoms with E-state index < -0.39 is 11.2 Å². The first-order valence-corrected chi connectivity index (χ1v) is 11.0. The van der Waals surface area contributed by atoms with Crippen molar-refractivity contribution >= 4 is 0 Å². The third-order valence-corrected chi connectivity index (χ3v) is 5.78. The van der Waals surface area contributed by atoms with Gasteiger partial charge in [-0.1, -0.05) is 36.1 Å². The Morgan fingerprint density at radius 2 is 1.58 bits per heavy atom. The van der Waals surface area contributed by atoms with E-state index in [9.17, 15) is 15.0 Å². The van der Waals surface area contributed by atoms with Gasteiger partial charge < -0.3 is 19.4 Å². The Labute approximate surface area is 193 Å². The number of aliphatic hydroxyl groups is 1. The van der Waals surface area contributed by atoms with Gasteiger partial charge in [0, 0.05) is 49.2 Å². The normalized spacial score (nSPS) is 14.9. The third-order valence-electron chi connectivity index (χ3n) is 5.78. The van der Waals surface area contributed by atoms with Gasteiger partial charge in [0.2, 0.25) is 11.2 Å². The molecule has 0 aliphatic carbocycles. The van der Waals surface area contributed by atoms with Gasteiger partial charge in [0.05, 0.1) is 26.1 Å². The first-order chi connectivity index (χ1) is 16.1. The van der Waals surface area contributed by atoms with E-state index in [2.05, 4.69) is 28.9 Å². The molecule has 2 heterocycles. The van der Waals surface area contributed by atoms with Crippen LogP contribution in [0.5, 0.6) is 5.75 Å². The highest BCUT2D eigenvalue weighted by Gasteiger charge is 2.17. The van der Waals surface area contributed by atoms with Crippen molar-refractivity contribution in [3.63, 3.8) is 0 Å². The van der Waals surface area contributed by atoms with Crippen LogP contribution in [-0.2, 0) is 17.7 Å². The van der Waals surface area contributed by atoms with E-state index in [4.69, 9.17) is 9.15 Å². The van der Waals surface area contributed by atoms with Crippen molar-refractivity contribution in [2.75, 3.05) is 32.9 Å².